The van der Waals surface area contributed by atoms with Crippen LogP contribution in [0.1, 0.15) is 61.4 Å². The number of aromatic nitrogens is 1. The SMILES string of the molecule is CCCC1=C2[C@@H](CC/C(=C/c3cc(C)c(O)c(C)c3)c3ccccn3)OB(O)C[C@@H]2[C@@H]2C(=O)N(c3ccccc3)C(=O)[C@@H]2C1. The van der Waals surface area contributed by atoms with Crippen LogP contribution < -0.4 is 4.90 Å². The van der Waals surface area contributed by atoms with Gasteiger partial charge in [0.05, 0.1) is 29.3 Å². The van der Waals surface area contributed by atoms with Gasteiger partial charge in [-0.05, 0) is 122 Å². The van der Waals surface area contributed by atoms with E-state index in [1.54, 1.807) is 18.3 Å². The predicted octanol–water partition coefficient (Wildman–Crippen LogP) is 6.53. The lowest BCUT2D eigenvalue weighted by atomic mass is 9.58. The zero-order valence-corrected chi connectivity index (χ0v) is 25.6. The number of anilines is 1. The van der Waals surface area contributed by atoms with Crippen molar-refractivity contribution in [2.75, 3.05) is 4.90 Å². The Balaban J connectivity index is 1.34. The molecule has 2 aromatic carbocycles. The standard InChI is InChI=1S/C36H39BN2O5/c1-4-10-26-20-28-33(36(42)39(35(28)41)27-11-6-5-7-12-27)29-21-37(43)44-31(32(26)29)15-14-25(30-13-8-9-16-38-30)19-24-17-22(2)34(40)23(3)18-24/h5-9,11-13,16-19,28-29,31,33,40,43H,4,10,14-15,20-21H2,1-3H3/b25-19-/t28-,29+,31-,33-/m1/s1. The molecular weight excluding hydrogens is 551 g/mol. The molecule has 0 spiro atoms. The maximum Gasteiger partial charge on any atom is 0.455 e. The van der Waals surface area contributed by atoms with Crippen LogP contribution in [0, 0.1) is 31.6 Å². The highest BCUT2D eigenvalue weighted by Gasteiger charge is 2.57. The molecule has 0 unspecified atom stereocenters. The molecule has 2 amide bonds. The lowest BCUT2D eigenvalue weighted by Crippen LogP contribution is -2.46. The summed E-state index contributed by atoms with van der Waals surface area (Å²) in [6.07, 6.45) is 7.31. The molecule has 8 heteroatoms. The molecule has 2 N–H and O–H groups in total. The number of carbonyl (C=O) groups is 2. The summed E-state index contributed by atoms with van der Waals surface area (Å²) < 4.78 is 6.25. The van der Waals surface area contributed by atoms with E-state index in [1.165, 1.54) is 10.5 Å². The molecule has 0 saturated carbocycles. The zero-order chi connectivity index (χ0) is 31.0. The first-order chi connectivity index (χ1) is 21.3. The smallest absolute Gasteiger partial charge is 0.455 e. The number of pyridine rings is 1. The molecule has 3 aromatic rings. The van der Waals surface area contributed by atoms with Gasteiger partial charge in [-0.25, -0.2) is 0 Å². The normalized spacial score (nSPS) is 23.7. The lowest BCUT2D eigenvalue weighted by Gasteiger charge is -2.43. The molecule has 6 rings (SSSR count). The third kappa shape index (κ3) is 5.64. The van der Waals surface area contributed by atoms with Crippen molar-refractivity contribution < 1.29 is 24.4 Å². The van der Waals surface area contributed by atoms with Crippen molar-refractivity contribution >= 4 is 36.3 Å². The fraction of sp³-hybridized carbons (Fsp3) is 0.361. The maximum atomic E-state index is 13.9. The van der Waals surface area contributed by atoms with Crippen molar-refractivity contribution in [3.63, 3.8) is 0 Å². The lowest BCUT2D eigenvalue weighted by molar-refractivity contribution is -0.122. The van der Waals surface area contributed by atoms with Crippen molar-refractivity contribution in [1.29, 1.82) is 0 Å². The fourth-order valence-corrected chi connectivity index (χ4v) is 7.52. The molecule has 1 aromatic heterocycles. The second kappa shape index (κ2) is 12.5. The van der Waals surface area contributed by atoms with Gasteiger partial charge in [0.25, 0.3) is 0 Å². The average molecular weight is 591 g/mol. The number of aromatic hydroxyl groups is 1. The summed E-state index contributed by atoms with van der Waals surface area (Å²) in [4.78, 5) is 33.6. The summed E-state index contributed by atoms with van der Waals surface area (Å²) in [6, 6.07) is 18.9. The number of benzene rings is 2. The minimum atomic E-state index is -1.02. The van der Waals surface area contributed by atoms with Gasteiger partial charge in [-0.1, -0.05) is 43.2 Å². The molecule has 2 saturated heterocycles. The quantitative estimate of drug-likeness (QED) is 0.176. The van der Waals surface area contributed by atoms with Crippen molar-refractivity contribution in [3.05, 3.63) is 100 Å². The van der Waals surface area contributed by atoms with Gasteiger partial charge in [0.1, 0.15) is 5.75 Å². The van der Waals surface area contributed by atoms with E-state index in [9.17, 15) is 19.7 Å². The average Bonchev–Trinajstić information content (AvgIpc) is 3.27. The number of imide groups is 1. The number of para-hydroxylation sites is 1. The molecule has 4 atom stereocenters. The predicted molar refractivity (Wildman–Crippen MR) is 173 cm³/mol. The Bertz CT molecular complexity index is 1600. The Labute approximate surface area is 259 Å². The largest absolute Gasteiger partial charge is 0.507 e. The molecular formula is C36H39BN2O5. The Hall–Kier alpha value is -4.01. The molecule has 0 radical (unpaired) electrons. The van der Waals surface area contributed by atoms with E-state index < -0.39 is 19.0 Å². The first kappa shape index (κ1) is 30.0. The number of phenols is 1. The van der Waals surface area contributed by atoms with E-state index in [0.29, 0.717) is 37.0 Å². The number of rotatable bonds is 8. The zero-order valence-electron chi connectivity index (χ0n) is 25.6. The van der Waals surface area contributed by atoms with Gasteiger partial charge in [-0.15, -0.1) is 0 Å². The van der Waals surface area contributed by atoms with Crippen molar-refractivity contribution in [1.82, 2.24) is 4.98 Å². The first-order valence-electron chi connectivity index (χ1n) is 15.7. The van der Waals surface area contributed by atoms with Crippen LogP contribution in [0.2, 0.25) is 6.32 Å². The van der Waals surface area contributed by atoms with Crippen LogP contribution >= 0.6 is 0 Å². The van der Waals surface area contributed by atoms with Gasteiger partial charge in [0, 0.05) is 6.20 Å². The molecule has 1 aliphatic carbocycles. The van der Waals surface area contributed by atoms with E-state index in [2.05, 4.69) is 18.0 Å². The van der Waals surface area contributed by atoms with E-state index in [0.717, 1.165) is 46.4 Å². The summed E-state index contributed by atoms with van der Waals surface area (Å²) in [7, 11) is -1.02. The number of hydrogen-bond acceptors (Lipinski definition) is 6. The van der Waals surface area contributed by atoms with Crippen LogP contribution in [-0.4, -0.2) is 40.2 Å². The second-order valence-corrected chi connectivity index (χ2v) is 12.3. The van der Waals surface area contributed by atoms with Crippen LogP contribution in [0.5, 0.6) is 5.75 Å². The number of amides is 2. The van der Waals surface area contributed by atoms with E-state index in [1.807, 2.05) is 62.4 Å². The third-order valence-corrected chi connectivity index (χ3v) is 9.40. The Morgan fingerprint density at radius 2 is 1.77 bits per heavy atom. The summed E-state index contributed by atoms with van der Waals surface area (Å²) in [6.45, 7) is 5.91. The highest BCUT2D eigenvalue weighted by atomic mass is 16.5. The molecule has 3 aliphatic rings. The van der Waals surface area contributed by atoms with Gasteiger partial charge in [-0.2, -0.15) is 0 Å². The van der Waals surface area contributed by atoms with Gasteiger partial charge in [-0.3, -0.25) is 19.5 Å². The number of fused-ring (bicyclic) bond motifs is 3. The monoisotopic (exact) mass is 590 g/mol. The van der Waals surface area contributed by atoms with Crippen molar-refractivity contribution in [3.8, 4) is 5.75 Å². The van der Waals surface area contributed by atoms with Crippen LogP contribution in [-0.2, 0) is 14.2 Å². The molecule has 2 aliphatic heterocycles. The molecule has 226 valence electrons. The maximum absolute atomic E-state index is 13.9. The molecule has 3 heterocycles. The van der Waals surface area contributed by atoms with Crippen molar-refractivity contribution in [2.45, 2.75) is 65.3 Å². The Morgan fingerprint density at radius 1 is 1.05 bits per heavy atom. The topological polar surface area (TPSA) is 100.0 Å². The highest BCUT2D eigenvalue weighted by molar-refractivity contribution is 6.43. The van der Waals surface area contributed by atoms with Gasteiger partial charge < -0.3 is 14.8 Å². The van der Waals surface area contributed by atoms with Gasteiger partial charge >= 0.3 is 7.12 Å². The summed E-state index contributed by atoms with van der Waals surface area (Å²) in [5.41, 5.74) is 7.36. The molecule has 44 heavy (non-hydrogen) atoms. The molecule has 2 fully saturated rings. The number of allylic oxidation sites excluding steroid dienone is 2. The van der Waals surface area contributed by atoms with Gasteiger partial charge in [0.2, 0.25) is 11.8 Å². The van der Waals surface area contributed by atoms with Crippen LogP contribution in [0.15, 0.2) is 78.0 Å². The first-order valence-corrected chi connectivity index (χ1v) is 15.7. The van der Waals surface area contributed by atoms with E-state index >= 15 is 0 Å². The number of nitrogens with zero attached hydrogens (tertiary/aromatic N) is 2. The van der Waals surface area contributed by atoms with Crippen LogP contribution in [0.3, 0.4) is 0 Å². The number of phenolic OH excluding ortho intramolecular Hbond substituents is 1. The van der Waals surface area contributed by atoms with E-state index in [-0.39, 0.29) is 23.8 Å². The van der Waals surface area contributed by atoms with E-state index in [4.69, 9.17) is 4.65 Å². The number of aryl methyl sites for hydroxylation is 2. The fourth-order valence-electron chi connectivity index (χ4n) is 7.52. The van der Waals surface area contributed by atoms with Crippen LogP contribution in [0.25, 0.3) is 11.6 Å². The number of hydrogen-bond donors (Lipinski definition) is 2. The Morgan fingerprint density at radius 3 is 2.45 bits per heavy atom. The summed E-state index contributed by atoms with van der Waals surface area (Å²) in [5.74, 6) is -1.20. The Kier molecular flexibility index (Phi) is 8.56. The molecule has 0 bridgehead atoms. The minimum Gasteiger partial charge on any atom is -0.507 e. The third-order valence-electron chi connectivity index (χ3n) is 9.40. The summed E-state index contributed by atoms with van der Waals surface area (Å²) in [5, 5.41) is 21.3. The summed E-state index contributed by atoms with van der Waals surface area (Å²) >= 11 is 0. The van der Waals surface area contributed by atoms with Crippen molar-refractivity contribution in [2.24, 2.45) is 17.8 Å². The number of carbonyl (C=O) groups excluding carboxylic acids is 2. The molecule has 7 nitrogen and oxygen atoms in total. The second-order valence-electron chi connectivity index (χ2n) is 12.3. The van der Waals surface area contributed by atoms with Gasteiger partial charge in [0.15, 0.2) is 0 Å². The van der Waals surface area contributed by atoms with Crippen LogP contribution in [0.4, 0.5) is 5.69 Å². The highest BCUT2D eigenvalue weighted by Crippen LogP contribution is 2.52. The minimum absolute atomic E-state index is 0.142.